The number of aromatic nitrogens is 2. The molecular formula is C25H23FN4O4. The Labute approximate surface area is 194 Å². The maximum absolute atomic E-state index is 14.4. The van der Waals surface area contributed by atoms with E-state index in [1.165, 1.54) is 18.3 Å². The van der Waals surface area contributed by atoms with E-state index < -0.39 is 36.4 Å². The lowest BCUT2D eigenvalue weighted by atomic mass is 10.0. The Morgan fingerprint density at radius 3 is 2.59 bits per heavy atom. The number of carbonyl (C=O) groups is 2. The molecule has 2 heterocycles. The van der Waals surface area contributed by atoms with Crippen LogP contribution in [-0.2, 0) is 0 Å². The molecule has 2 aromatic carbocycles. The molecule has 0 aliphatic rings. The van der Waals surface area contributed by atoms with E-state index in [0.29, 0.717) is 11.2 Å². The number of benzene rings is 2. The van der Waals surface area contributed by atoms with Crippen LogP contribution in [-0.4, -0.2) is 44.1 Å². The summed E-state index contributed by atoms with van der Waals surface area (Å²) in [6.45, 7) is 1.39. The highest BCUT2D eigenvalue weighted by Crippen LogP contribution is 2.20. The van der Waals surface area contributed by atoms with Crippen molar-refractivity contribution in [1.29, 1.82) is 0 Å². The van der Waals surface area contributed by atoms with Crippen LogP contribution < -0.4 is 10.6 Å². The third kappa shape index (κ3) is 4.80. The van der Waals surface area contributed by atoms with Gasteiger partial charge in [-0.15, -0.1) is 0 Å². The molecule has 0 bridgehead atoms. The highest BCUT2D eigenvalue weighted by Gasteiger charge is 2.23. The van der Waals surface area contributed by atoms with Gasteiger partial charge in [-0.1, -0.05) is 30.3 Å². The first-order chi connectivity index (χ1) is 16.4. The Hall–Kier alpha value is -4.08. The van der Waals surface area contributed by atoms with Gasteiger partial charge in [-0.2, -0.15) is 0 Å². The molecule has 0 spiro atoms. The van der Waals surface area contributed by atoms with E-state index in [4.69, 9.17) is 0 Å². The molecule has 34 heavy (non-hydrogen) atoms. The lowest BCUT2D eigenvalue weighted by molar-refractivity contribution is 0.0703. The van der Waals surface area contributed by atoms with E-state index in [2.05, 4.69) is 15.6 Å². The van der Waals surface area contributed by atoms with Crippen molar-refractivity contribution in [2.45, 2.75) is 19.1 Å². The van der Waals surface area contributed by atoms with E-state index in [1.807, 2.05) is 19.1 Å². The summed E-state index contributed by atoms with van der Waals surface area (Å²) >= 11 is 0. The SMILES string of the molecule is Cc1ccn2c(C(=O)Nc3cc(C(=O)NC(CO)C(O)c4ccccc4)ccc3F)cnc2c1. The fraction of sp³-hybridized carbons (Fsp3) is 0.160. The van der Waals surface area contributed by atoms with Crippen molar-refractivity contribution in [3.63, 3.8) is 0 Å². The van der Waals surface area contributed by atoms with Crippen molar-refractivity contribution in [1.82, 2.24) is 14.7 Å². The maximum Gasteiger partial charge on any atom is 0.274 e. The van der Waals surface area contributed by atoms with E-state index in [1.54, 1.807) is 40.9 Å². The predicted molar refractivity (Wildman–Crippen MR) is 124 cm³/mol. The van der Waals surface area contributed by atoms with Gasteiger partial charge >= 0.3 is 0 Å². The van der Waals surface area contributed by atoms with E-state index >= 15 is 0 Å². The highest BCUT2D eigenvalue weighted by atomic mass is 19.1. The zero-order chi connectivity index (χ0) is 24.2. The van der Waals surface area contributed by atoms with Crippen molar-refractivity contribution in [3.05, 3.63) is 101 Å². The van der Waals surface area contributed by atoms with Gasteiger partial charge in [0.25, 0.3) is 11.8 Å². The number of rotatable bonds is 7. The van der Waals surface area contributed by atoms with Gasteiger partial charge in [0.1, 0.15) is 23.3 Å². The van der Waals surface area contributed by atoms with Crippen LogP contribution in [0.25, 0.3) is 5.65 Å². The summed E-state index contributed by atoms with van der Waals surface area (Å²) in [6.07, 6.45) is 1.93. The van der Waals surface area contributed by atoms with Gasteiger partial charge < -0.3 is 20.8 Å². The van der Waals surface area contributed by atoms with Crippen molar-refractivity contribution in [3.8, 4) is 0 Å². The summed E-state index contributed by atoms with van der Waals surface area (Å²) in [6, 6.07) is 14.7. The topological polar surface area (TPSA) is 116 Å². The smallest absolute Gasteiger partial charge is 0.274 e. The Morgan fingerprint density at radius 2 is 1.85 bits per heavy atom. The molecule has 0 aliphatic heterocycles. The molecule has 0 fully saturated rings. The van der Waals surface area contributed by atoms with Gasteiger partial charge in [0.2, 0.25) is 0 Å². The third-order valence-electron chi connectivity index (χ3n) is 5.41. The van der Waals surface area contributed by atoms with Crippen molar-refractivity contribution >= 4 is 23.1 Å². The molecule has 0 radical (unpaired) electrons. The minimum absolute atomic E-state index is 0.0455. The van der Waals surface area contributed by atoms with Crippen LogP contribution in [0.5, 0.6) is 0 Å². The van der Waals surface area contributed by atoms with Gasteiger partial charge in [-0.05, 0) is 48.4 Å². The molecular weight excluding hydrogens is 439 g/mol. The number of pyridine rings is 1. The number of aliphatic hydroxyl groups is 2. The Bertz CT molecular complexity index is 1340. The molecule has 2 unspecified atom stereocenters. The number of imidazole rings is 1. The van der Waals surface area contributed by atoms with Gasteiger partial charge in [-0.3, -0.25) is 14.0 Å². The number of carbonyl (C=O) groups excluding carboxylic acids is 2. The first-order valence-electron chi connectivity index (χ1n) is 10.6. The molecule has 2 atom stereocenters. The number of nitrogens with one attached hydrogen (secondary N) is 2. The quantitative estimate of drug-likeness (QED) is 0.337. The van der Waals surface area contributed by atoms with Crippen molar-refractivity contribution < 1.29 is 24.2 Å². The number of anilines is 1. The molecule has 174 valence electrons. The summed E-state index contributed by atoms with van der Waals surface area (Å²) in [5.74, 6) is -1.96. The van der Waals surface area contributed by atoms with E-state index in [-0.39, 0.29) is 16.9 Å². The molecule has 4 aromatic rings. The fourth-order valence-corrected chi connectivity index (χ4v) is 3.56. The Kier molecular flexibility index (Phi) is 6.67. The minimum Gasteiger partial charge on any atom is -0.394 e. The highest BCUT2D eigenvalue weighted by molar-refractivity contribution is 6.04. The predicted octanol–water partition coefficient (Wildman–Crippen LogP) is 2.86. The molecule has 2 aromatic heterocycles. The summed E-state index contributed by atoms with van der Waals surface area (Å²) in [5.41, 5.74) is 2.14. The van der Waals surface area contributed by atoms with Crippen LogP contribution >= 0.6 is 0 Å². The number of amides is 2. The molecule has 8 nitrogen and oxygen atoms in total. The second-order valence-electron chi connectivity index (χ2n) is 7.84. The molecule has 0 saturated heterocycles. The number of fused-ring (bicyclic) bond motifs is 1. The standard InChI is InChI=1S/C25H23FN4O4/c1-15-9-10-30-21(13-27-22(30)11-15)25(34)28-19-12-17(7-8-18(19)26)24(33)29-20(14-31)23(32)16-5-3-2-4-6-16/h2-13,20,23,31-32H,14H2,1H3,(H,28,34)(H,29,33). The van der Waals surface area contributed by atoms with Crippen LogP contribution in [0.4, 0.5) is 10.1 Å². The van der Waals surface area contributed by atoms with Gasteiger partial charge in [0, 0.05) is 11.8 Å². The zero-order valence-electron chi connectivity index (χ0n) is 18.3. The number of hydrogen-bond acceptors (Lipinski definition) is 5. The minimum atomic E-state index is -1.14. The molecule has 0 saturated carbocycles. The normalized spacial score (nSPS) is 12.8. The van der Waals surface area contributed by atoms with Crippen LogP contribution in [0, 0.1) is 12.7 Å². The summed E-state index contributed by atoms with van der Waals surface area (Å²) < 4.78 is 16.0. The third-order valence-corrected chi connectivity index (χ3v) is 5.41. The molecule has 9 heteroatoms. The average molecular weight is 462 g/mol. The van der Waals surface area contributed by atoms with Crippen LogP contribution in [0.1, 0.15) is 38.1 Å². The molecule has 0 aliphatic carbocycles. The van der Waals surface area contributed by atoms with Crippen LogP contribution in [0.3, 0.4) is 0 Å². The van der Waals surface area contributed by atoms with Crippen LogP contribution in [0.15, 0.2) is 73.1 Å². The lowest BCUT2D eigenvalue weighted by Crippen LogP contribution is -2.42. The first kappa shape index (κ1) is 23.1. The van der Waals surface area contributed by atoms with Crippen molar-refractivity contribution in [2.75, 3.05) is 11.9 Å². The lowest BCUT2D eigenvalue weighted by Gasteiger charge is -2.22. The Balaban J connectivity index is 1.51. The number of aryl methyl sites for hydroxylation is 1. The summed E-state index contributed by atoms with van der Waals surface area (Å²) in [5, 5.41) is 25.2. The van der Waals surface area contributed by atoms with Crippen LogP contribution in [0.2, 0.25) is 0 Å². The van der Waals surface area contributed by atoms with Gasteiger partial charge in [-0.25, -0.2) is 9.37 Å². The molecule has 4 N–H and O–H groups in total. The number of aliphatic hydroxyl groups excluding tert-OH is 2. The largest absolute Gasteiger partial charge is 0.394 e. The fourth-order valence-electron chi connectivity index (χ4n) is 3.56. The van der Waals surface area contributed by atoms with E-state index in [0.717, 1.165) is 11.6 Å². The first-order valence-corrected chi connectivity index (χ1v) is 10.6. The Morgan fingerprint density at radius 1 is 1.09 bits per heavy atom. The summed E-state index contributed by atoms with van der Waals surface area (Å²) in [7, 11) is 0. The average Bonchev–Trinajstić information content (AvgIpc) is 3.27. The molecule has 2 amide bonds. The second-order valence-corrected chi connectivity index (χ2v) is 7.84. The molecule has 4 rings (SSSR count). The zero-order valence-corrected chi connectivity index (χ0v) is 18.3. The van der Waals surface area contributed by atoms with Gasteiger partial charge in [0.15, 0.2) is 0 Å². The van der Waals surface area contributed by atoms with Gasteiger partial charge in [0.05, 0.1) is 24.5 Å². The monoisotopic (exact) mass is 462 g/mol. The second kappa shape index (κ2) is 9.82. The van der Waals surface area contributed by atoms with E-state index in [9.17, 15) is 24.2 Å². The number of nitrogens with zero attached hydrogens (tertiary/aromatic N) is 2. The summed E-state index contributed by atoms with van der Waals surface area (Å²) in [4.78, 5) is 29.7. The number of hydrogen-bond donors (Lipinski definition) is 4. The van der Waals surface area contributed by atoms with Crippen molar-refractivity contribution in [2.24, 2.45) is 0 Å². The maximum atomic E-state index is 14.4. The number of halogens is 1.